The summed E-state index contributed by atoms with van der Waals surface area (Å²) in [5.41, 5.74) is 5.64. The van der Waals surface area contributed by atoms with Gasteiger partial charge >= 0.3 is 0 Å². The summed E-state index contributed by atoms with van der Waals surface area (Å²) in [5, 5.41) is 11.9. The first-order valence-electron chi connectivity index (χ1n) is 20.5. The minimum absolute atomic E-state index is 0.00476. The van der Waals surface area contributed by atoms with Crippen molar-refractivity contribution in [1.29, 1.82) is 5.26 Å². The van der Waals surface area contributed by atoms with Gasteiger partial charge in [-0.25, -0.2) is 0 Å². The molecular formula is C44H45ClN8O6. The van der Waals surface area contributed by atoms with E-state index in [0.717, 1.165) is 85.9 Å². The molecule has 6 aliphatic rings. The summed E-state index contributed by atoms with van der Waals surface area (Å²) in [5.74, 6) is -2.07. The van der Waals surface area contributed by atoms with E-state index in [4.69, 9.17) is 11.6 Å². The normalized spacial score (nSPS) is 21.8. The van der Waals surface area contributed by atoms with Crippen LogP contribution < -0.4 is 15.1 Å². The number of piperidine rings is 2. The molecule has 0 aliphatic carbocycles. The minimum Gasteiger partial charge on any atom is -0.371 e. The Labute approximate surface area is 347 Å². The Hall–Kier alpha value is -5.78. The second-order valence-corrected chi connectivity index (χ2v) is 17.1. The predicted octanol–water partition coefficient (Wildman–Crippen LogP) is 3.45. The Balaban J connectivity index is 0.740. The number of amides is 6. The van der Waals surface area contributed by atoms with Crippen LogP contribution in [0.2, 0.25) is 5.02 Å². The van der Waals surface area contributed by atoms with Crippen LogP contribution in [-0.2, 0) is 27.3 Å². The number of benzene rings is 3. The van der Waals surface area contributed by atoms with Crippen molar-refractivity contribution in [2.24, 2.45) is 5.41 Å². The van der Waals surface area contributed by atoms with E-state index in [1.54, 1.807) is 23.1 Å². The van der Waals surface area contributed by atoms with Crippen molar-refractivity contribution in [3.05, 3.63) is 93.0 Å². The Kier molecular flexibility index (Phi) is 10.1. The molecule has 6 heterocycles. The number of nitrogens with zero attached hydrogens (tertiary/aromatic N) is 7. The third-order valence-electron chi connectivity index (χ3n) is 13.3. The van der Waals surface area contributed by atoms with Gasteiger partial charge < -0.3 is 19.6 Å². The lowest BCUT2D eigenvalue weighted by molar-refractivity contribution is -0.136. The number of halogens is 1. The zero-order chi connectivity index (χ0) is 41.0. The number of nitriles is 1. The van der Waals surface area contributed by atoms with Crippen LogP contribution in [0, 0.1) is 16.7 Å². The summed E-state index contributed by atoms with van der Waals surface area (Å²) in [6.45, 7) is 7.33. The maximum absolute atomic E-state index is 13.6. The zero-order valence-corrected chi connectivity index (χ0v) is 33.5. The maximum Gasteiger partial charge on any atom is 0.262 e. The van der Waals surface area contributed by atoms with Crippen molar-refractivity contribution < 1.29 is 28.8 Å². The lowest BCUT2D eigenvalue weighted by atomic mass is 9.77. The van der Waals surface area contributed by atoms with Gasteiger partial charge in [-0.05, 0) is 103 Å². The van der Waals surface area contributed by atoms with E-state index in [2.05, 4.69) is 26.1 Å². The first kappa shape index (κ1) is 38.7. The zero-order valence-electron chi connectivity index (χ0n) is 32.8. The van der Waals surface area contributed by atoms with E-state index in [-0.39, 0.29) is 47.7 Å². The third-order valence-corrected chi connectivity index (χ3v) is 13.6. The van der Waals surface area contributed by atoms with Crippen molar-refractivity contribution >= 4 is 58.4 Å². The summed E-state index contributed by atoms with van der Waals surface area (Å²) in [6, 6.07) is 18.0. The van der Waals surface area contributed by atoms with Crippen LogP contribution in [0.1, 0.15) is 79.9 Å². The quantitative estimate of drug-likeness (QED) is 0.366. The SMILES string of the molecule is N#Cc1ccc(N2CCC3(CCN(C(=O)c4ccc(N5CCN(CC(=O)N6CCc7cc8c(cc7C6)C(=O)N(C6CCC(=O)NC6=O)C8=O)CC5)cc4)CC3)C2)cc1Cl. The van der Waals surface area contributed by atoms with Crippen LogP contribution in [0.15, 0.2) is 54.6 Å². The second-order valence-electron chi connectivity index (χ2n) is 16.7. The first-order chi connectivity index (χ1) is 28.5. The average molecular weight is 817 g/mol. The molecule has 1 unspecified atom stereocenters. The summed E-state index contributed by atoms with van der Waals surface area (Å²) >= 11 is 6.31. The number of hydrogen-bond acceptors (Lipinski definition) is 10. The average Bonchev–Trinajstić information content (AvgIpc) is 3.77. The number of imide groups is 2. The number of fused-ring (bicyclic) bond motifs is 2. The predicted molar refractivity (Wildman–Crippen MR) is 218 cm³/mol. The highest BCUT2D eigenvalue weighted by atomic mass is 35.5. The number of piperazine rings is 1. The van der Waals surface area contributed by atoms with Crippen LogP contribution in [0.25, 0.3) is 0 Å². The highest BCUT2D eigenvalue weighted by Crippen LogP contribution is 2.43. The van der Waals surface area contributed by atoms with Crippen molar-refractivity contribution in [3.63, 3.8) is 0 Å². The highest BCUT2D eigenvalue weighted by molar-refractivity contribution is 6.32. The molecule has 6 aliphatic heterocycles. The molecule has 1 atom stereocenters. The van der Waals surface area contributed by atoms with Gasteiger partial charge in [-0.3, -0.25) is 43.9 Å². The molecule has 14 nitrogen and oxygen atoms in total. The number of likely N-dealkylation sites (tertiary alicyclic amines) is 1. The van der Waals surface area contributed by atoms with Crippen molar-refractivity contribution in [1.82, 2.24) is 24.9 Å². The Morgan fingerprint density at radius 3 is 2.12 bits per heavy atom. The fraction of sp³-hybridized carbons (Fsp3) is 0.432. The molecule has 0 radical (unpaired) electrons. The van der Waals surface area contributed by atoms with Crippen LogP contribution in [-0.4, -0.2) is 127 Å². The number of hydrogen-bond donors (Lipinski definition) is 1. The Morgan fingerprint density at radius 2 is 1.44 bits per heavy atom. The van der Waals surface area contributed by atoms with Gasteiger partial charge in [0.25, 0.3) is 17.7 Å². The van der Waals surface area contributed by atoms with Gasteiger partial charge in [0.15, 0.2) is 0 Å². The number of nitrogens with one attached hydrogen (secondary N) is 1. The molecule has 59 heavy (non-hydrogen) atoms. The summed E-state index contributed by atoms with van der Waals surface area (Å²) < 4.78 is 0. The first-order valence-corrected chi connectivity index (χ1v) is 20.8. The molecule has 3 aromatic rings. The molecule has 4 saturated heterocycles. The van der Waals surface area contributed by atoms with Crippen LogP contribution >= 0.6 is 11.6 Å². The molecule has 1 spiro atoms. The number of carbonyl (C=O) groups is 6. The van der Waals surface area contributed by atoms with Gasteiger partial charge in [0.1, 0.15) is 12.1 Å². The summed E-state index contributed by atoms with van der Waals surface area (Å²) in [7, 11) is 0. The Morgan fingerprint density at radius 1 is 0.763 bits per heavy atom. The maximum atomic E-state index is 13.6. The van der Waals surface area contributed by atoms with E-state index in [1.807, 2.05) is 41.3 Å². The fourth-order valence-electron chi connectivity index (χ4n) is 9.73. The standard InChI is InChI=1S/C44H45ClN8O6/c45-36-23-33(6-3-30(36)24-46)52-16-12-44(27-52)10-14-50(15-11-44)41(57)28-1-4-32(5-2-28)49-19-17-48(18-20-49)26-39(55)51-13-9-29-21-34-35(22-31(29)25-51)43(59)53(42(34)58)37-7-8-38(54)47-40(37)56/h1-6,21-23,37H,7-20,25-27H2,(H,47,54,56). The lowest BCUT2D eigenvalue weighted by Gasteiger charge is -2.39. The van der Waals surface area contributed by atoms with Crippen molar-refractivity contribution in [2.45, 2.75) is 51.1 Å². The van der Waals surface area contributed by atoms with Gasteiger partial charge in [-0.1, -0.05) is 11.6 Å². The van der Waals surface area contributed by atoms with Crippen LogP contribution in [0.3, 0.4) is 0 Å². The van der Waals surface area contributed by atoms with E-state index >= 15 is 0 Å². The molecule has 1 N–H and O–H groups in total. The fourth-order valence-corrected chi connectivity index (χ4v) is 9.95. The summed E-state index contributed by atoms with van der Waals surface area (Å²) in [4.78, 5) is 89.4. The molecule has 0 bridgehead atoms. The molecule has 304 valence electrons. The van der Waals surface area contributed by atoms with Gasteiger partial charge in [-0.2, -0.15) is 5.26 Å². The molecule has 4 fully saturated rings. The van der Waals surface area contributed by atoms with Crippen LogP contribution in [0.5, 0.6) is 0 Å². The molecule has 0 saturated carbocycles. The lowest BCUT2D eigenvalue weighted by Crippen LogP contribution is -2.54. The van der Waals surface area contributed by atoms with E-state index in [0.29, 0.717) is 48.7 Å². The van der Waals surface area contributed by atoms with Gasteiger partial charge in [0.2, 0.25) is 17.7 Å². The van der Waals surface area contributed by atoms with Crippen molar-refractivity contribution in [3.8, 4) is 6.07 Å². The summed E-state index contributed by atoms with van der Waals surface area (Å²) in [6.07, 6.45) is 3.68. The minimum atomic E-state index is -1.02. The van der Waals surface area contributed by atoms with E-state index in [9.17, 15) is 34.0 Å². The largest absolute Gasteiger partial charge is 0.371 e. The number of anilines is 2. The van der Waals surface area contributed by atoms with E-state index < -0.39 is 29.7 Å². The van der Waals surface area contributed by atoms with Crippen LogP contribution in [0.4, 0.5) is 11.4 Å². The van der Waals surface area contributed by atoms with Gasteiger partial charge in [0, 0.05) is 88.8 Å². The highest BCUT2D eigenvalue weighted by Gasteiger charge is 2.46. The van der Waals surface area contributed by atoms with Crippen molar-refractivity contribution in [2.75, 3.05) is 75.2 Å². The molecule has 15 heteroatoms. The van der Waals surface area contributed by atoms with E-state index in [1.165, 1.54) is 0 Å². The molecule has 6 amide bonds. The second kappa shape index (κ2) is 15.4. The third kappa shape index (κ3) is 7.31. The number of rotatable bonds is 6. The molecular weight excluding hydrogens is 772 g/mol. The monoisotopic (exact) mass is 816 g/mol. The molecule has 0 aromatic heterocycles. The smallest absolute Gasteiger partial charge is 0.262 e. The molecule has 3 aromatic carbocycles. The van der Waals surface area contributed by atoms with Gasteiger partial charge in [0.05, 0.1) is 28.3 Å². The van der Waals surface area contributed by atoms with Gasteiger partial charge in [-0.15, -0.1) is 0 Å². The molecule has 9 rings (SSSR count). The Bertz CT molecular complexity index is 2310. The topological polar surface area (TPSA) is 158 Å². The number of carbonyl (C=O) groups excluding carboxylic acids is 6.